The van der Waals surface area contributed by atoms with E-state index >= 15 is 0 Å². The number of carbonyl (C=O) groups excluding carboxylic acids is 1. The monoisotopic (exact) mass is 479 g/mol. The molecule has 1 aliphatic heterocycles. The first-order valence-corrected chi connectivity index (χ1v) is 11.1. The van der Waals surface area contributed by atoms with E-state index in [0.717, 1.165) is 12.1 Å². The first kappa shape index (κ1) is 22.0. The van der Waals surface area contributed by atoms with Gasteiger partial charge in [-0.05, 0) is 48.9 Å². The third-order valence-corrected chi connectivity index (χ3v) is 6.57. The number of allylic oxidation sites excluding steroid dienone is 3. The highest BCUT2D eigenvalue weighted by molar-refractivity contribution is 6.36. The molecule has 1 heterocycles. The van der Waals surface area contributed by atoms with E-state index in [-0.39, 0.29) is 23.6 Å². The van der Waals surface area contributed by atoms with Crippen LogP contribution >= 0.6 is 34.8 Å². The summed E-state index contributed by atoms with van der Waals surface area (Å²) in [6.45, 7) is 1.54. The Kier molecular flexibility index (Phi) is 6.47. The van der Waals surface area contributed by atoms with Crippen LogP contribution in [0.4, 0.5) is 15.8 Å². The smallest absolute Gasteiger partial charge is 0.256 e. The lowest BCUT2D eigenvalue weighted by Crippen LogP contribution is -2.57. The normalized spacial score (nSPS) is 21.2. The number of nitrogens with zero attached hydrogens (tertiary/aromatic N) is 2. The maximum Gasteiger partial charge on any atom is 0.256 e. The first-order valence-electron chi connectivity index (χ1n) is 9.93. The van der Waals surface area contributed by atoms with E-state index in [1.165, 1.54) is 18.2 Å². The molecule has 1 fully saturated rings. The van der Waals surface area contributed by atoms with Gasteiger partial charge in [-0.3, -0.25) is 4.79 Å². The fourth-order valence-corrected chi connectivity index (χ4v) is 4.85. The minimum Gasteiger partial charge on any atom is -0.398 e. The van der Waals surface area contributed by atoms with E-state index in [4.69, 9.17) is 40.5 Å². The minimum absolute atomic E-state index is 0.0321. The zero-order chi connectivity index (χ0) is 22.1. The van der Waals surface area contributed by atoms with Gasteiger partial charge in [0.25, 0.3) is 5.91 Å². The van der Waals surface area contributed by atoms with Gasteiger partial charge in [0.2, 0.25) is 0 Å². The quantitative estimate of drug-likeness (QED) is 0.570. The lowest BCUT2D eigenvalue weighted by Gasteiger charge is -2.46. The van der Waals surface area contributed by atoms with Crippen molar-refractivity contribution < 1.29 is 9.18 Å². The molecule has 2 N–H and O–H groups in total. The van der Waals surface area contributed by atoms with Crippen LogP contribution in [-0.2, 0) is 0 Å². The van der Waals surface area contributed by atoms with Crippen LogP contribution in [0.3, 0.4) is 0 Å². The molecule has 0 bridgehead atoms. The second kappa shape index (κ2) is 9.11. The van der Waals surface area contributed by atoms with E-state index in [1.54, 1.807) is 11.0 Å². The molecule has 4 nitrogen and oxygen atoms in total. The maximum atomic E-state index is 13.4. The molecule has 2 aromatic rings. The van der Waals surface area contributed by atoms with E-state index in [9.17, 15) is 9.18 Å². The van der Waals surface area contributed by atoms with Gasteiger partial charge >= 0.3 is 0 Å². The highest BCUT2D eigenvalue weighted by atomic mass is 35.5. The number of halogens is 4. The van der Waals surface area contributed by atoms with Gasteiger partial charge in [0.15, 0.2) is 0 Å². The Balaban J connectivity index is 1.64. The number of rotatable bonds is 3. The molecular formula is C23H21Cl3FN3O. The van der Waals surface area contributed by atoms with Gasteiger partial charge in [-0.1, -0.05) is 47.0 Å². The molecule has 1 saturated heterocycles. The number of piperazine rings is 1. The Labute approximate surface area is 195 Å². The van der Waals surface area contributed by atoms with Crippen molar-refractivity contribution in [1.29, 1.82) is 0 Å². The maximum absolute atomic E-state index is 13.4. The molecule has 0 radical (unpaired) electrons. The molecule has 8 heteroatoms. The van der Waals surface area contributed by atoms with Crippen molar-refractivity contribution in [3.63, 3.8) is 0 Å². The van der Waals surface area contributed by atoms with Crippen molar-refractivity contribution >= 4 is 52.1 Å². The summed E-state index contributed by atoms with van der Waals surface area (Å²) in [4.78, 5) is 17.2. The molecule has 1 amide bonds. The largest absolute Gasteiger partial charge is 0.398 e. The Morgan fingerprint density at radius 3 is 2.58 bits per heavy atom. The topological polar surface area (TPSA) is 49.6 Å². The van der Waals surface area contributed by atoms with Crippen molar-refractivity contribution in [2.45, 2.75) is 12.5 Å². The third-order valence-electron chi connectivity index (χ3n) is 5.75. The molecule has 162 valence electrons. The fourth-order valence-electron chi connectivity index (χ4n) is 4.17. The van der Waals surface area contributed by atoms with Crippen LogP contribution in [0.5, 0.6) is 0 Å². The highest BCUT2D eigenvalue weighted by Gasteiger charge is 2.35. The Morgan fingerprint density at radius 1 is 1.10 bits per heavy atom. The first-order chi connectivity index (χ1) is 14.8. The van der Waals surface area contributed by atoms with Crippen molar-refractivity contribution in [2.24, 2.45) is 5.92 Å². The van der Waals surface area contributed by atoms with E-state index < -0.39 is 5.82 Å². The van der Waals surface area contributed by atoms with Gasteiger partial charge in [-0.15, -0.1) is 0 Å². The Morgan fingerprint density at radius 2 is 1.90 bits per heavy atom. The lowest BCUT2D eigenvalue weighted by atomic mass is 9.89. The lowest BCUT2D eigenvalue weighted by molar-refractivity contribution is 0.0710. The van der Waals surface area contributed by atoms with Crippen LogP contribution < -0.4 is 10.6 Å². The standard InChI is InChI=1S/C23H21Cl3FN3O/c24-15-3-1-14(2-4-15)22-13-29(23(31)18-7-6-17(27)12-20(18)28)9-10-30(22)21-8-5-16(25)11-19(21)26/h1,3-8,11-12,14,22H,2,9-10,13,28H2/t14?,22-/m0/s1. The molecule has 2 atom stereocenters. The molecule has 1 unspecified atom stereocenters. The van der Waals surface area contributed by atoms with Crippen LogP contribution in [-0.4, -0.2) is 36.5 Å². The molecule has 0 saturated carbocycles. The van der Waals surface area contributed by atoms with Gasteiger partial charge in [0, 0.05) is 41.3 Å². The summed E-state index contributed by atoms with van der Waals surface area (Å²) in [6.07, 6.45) is 6.69. The molecule has 31 heavy (non-hydrogen) atoms. The van der Waals surface area contributed by atoms with E-state index in [1.807, 2.05) is 24.3 Å². The van der Waals surface area contributed by atoms with Crippen molar-refractivity contribution in [3.05, 3.63) is 81.1 Å². The number of carbonyl (C=O) groups is 1. The summed E-state index contributed by atoms with van der Waals surface area (Å²) in [5.41, 5.74) is 7.23. The number of anilines is 2. The summed E-state index contributed by atoms with van der Waals surface area (Å²) in [5.74, 6) is -0.543. The Hall–Kier alpha value is -2.21. The molecular weight excluding hydrogens is 460 g/mol. The van der Waals surface area contributed by atoms with Crippen LogP contribution in [0.2, 0.25) is 10.0 Å². The van der Waals surface area contributed by atoms with Gasteiger partial charge in [0.05, 0.1) is 22.3 Å². The SMILES string of the molecule is Nc1cc(F)ccc1C(=O)N1CCN(c2ccc(Cl)cc2Cl)[C@H](C2C=CC(Cl)=CC2)C1. The predicted octanol–water partition coefficient (Wildman–Crippen LogP) is 5.74. The van der Waals surface area contributed by atoms with Gasteiger partial charge in [-0.2, -0.15) is 0 Å². The van der Waals surface area contributed by atoms with E-state index in [2.05, 4.69) is 11.0 Å². The molecule has 0 aromatic heterocycles. The van der Waals surface area contributed by atoms with Crippen LogP contribution in [0.25, 0.3) is 0 Å². The molecule has 0 spiro atoms. The zero-order valence-corrected chi connectivity index (χ0v) is 18.8. The Bertz CT molecular complexity index is 1070. The molecule has 2 aliphatic rings. The highest BCUT2D eigenvalue weighted by Crippen LogP contribution is 2.36. The second-order valence-electron chi connectivity index (χ2n) is 7.69. The van der Waals surface area contributed by atoms with Crippen molar-refractivity contribution in [1.82, 2.24) is 4.90 Å². The zero-order valence-electron chi connectivity index (χ0n) is 16.6. The average Bonchev–Trinajstić information content (AvgIpc) is 2.74. The second-order valence-corrected chi connectivity index (χ2v) is 8.97. The van der Waals surface area contributed by atoms with Crippen LogP contribution in [0.1, 0.15) is 16.8 Å². The molecule has 1 aliphatic carbocycles. The van der Waals surface area contributed by atoms with Crippen molar-refractivity contribution in [3.8, 4) is 0 Å². The van der Waals surface area contributed by atoms with Gasteiger partial charge in [0.1, 0.15) is 5.82 Å². The summed E-state index contributed by atoms with van der Waals surface area (Å²) in [5, 5.41) is 1.83. The summed E-state index contributed by atoms with van der Waals surface area (Å²) < 4.78 is 13.4. The van der Waals surface area contributed by atoms with Crippen LogP contribution in [0.15, 0.2) is 59.7 Å². The van der Waals surface area contributed by atoms with Gasteiger partial charge in [-0.25, -0.2) is 4.39 Å². The summed E-state index contributed by atoms with van der Waals surface area (Å²) >= 11 is 18.7. The van der Waals surface area contributed by atoms with Crippen molar-refractivity contribution in [2.75, 3.05) is 30.3 Å². The number of nitrogen functional groups attached to an aromatic ring is 1. The number of nitrogens with two attached hydrogens (primary N) is 1. The number of benzene rings is 2. The minimum atomic E-state index is -0.467. The fraction of sp³-hybridized carbons (Fsp3) is 0.261. The van der Waals surface area contributed by atoms with Crippen LogP contribution in [0, 0.1) is 11.7 Å². The third kappa shape index (κ3) is 4.69. The average molecular weight is 481 g/mol. The van der Waals surface area contributed by atoms with Gasteiger partial charge < -0.3 is 15.5 Å². The molecule has 4 rings (SSSR count). The predicted molar refractivity (Wildman–Crippen MR) is 125 cm³/mol. The summed E-state index contributed by atoms with van der Waals surface area (Å²) in [6, 6.07) is 9.27. The number of hydrogen-bond donors (Lipinski definition) is 1. The number of hydrogen-bond acceptors (Lipinski definition) is 3. The molecule has 2 aromatic carbocycles. The number of amides is 1. The van der Waals surface area contributed by atoms with E-state index in [0.29, 0.717) is 40.3 Å². The summed E-state index contributed by atoms with van der Waals surface area (Å²) in [7, 11) is 0.